The molecular formula is C21H25F3N2O4. The lowest BCUT2D eigenvalue weighted by molar-refractivity contribution is -0.137. The van der Waals surface area contributed by atoms with E-state index in [9.17, 15) is 18.0 Å². The molecule has 2 rings (SSSR count). The van der Waals surface area contributed by atoms with Gasteiger partial charge in [0.1, 0.15) is 6.61 Å². The van der Waals surface area contributed by atoms with Crippen LogP contribution in [0.25, 0.3) is 0 Å². The van der Waals surface area contributed by atoms with E-state index in [-0.39, 0.29) is 12.3 Å². The van der Waals surface area contributed by atoms with E-state index in [2.05, 4.69) is 5.32 Å². The molecule has 0 aromatic heterocycles. The van der Waals surface area contributed by atoms with Crippen molar-refractivity contribution < 1.29 is 32.2 Å². The summed E-state index contributed by atoms with van der Waals surface area (Å²) >= 11 is 0. The molecule has 2 aromatic rings. The van der Waals surface area contributed by atoms with E-state index in [0.717, 1.165) is 17.7 Å². The van der Waals surface area contributed by atoms with Crippen LogP contribution in [-0.2, 0) is 27.0 Å². The number of halogens is 3. The highest BCUT2D eigenvalue weighted by Crippen LogP contribution is 2.35. The molecule has 0 radical (unpaired) electrons. The van der Waals surface area contributed by atoms with E-state index < -0.39 is 17.8 Å². The molecule has 164 valence electrons. The van der Waals surface area contributed by atoms with Gasteiger partial charge in [0.2, 0.25) is 0 Å². The lowest BCUT2D eigenvalue weighted by Crippen LogP contribution is -2.32. The number of hydrogen-bond donors (Lipinski definition) is 1. The molecule has 0 unspecified atom stereocenters. The second-order valence-corrected chi connectivity index (χ2v) is 6.39. The Kier molecular flexibility index (Phi) is 8.94. The van der Waals surface area contributed by atoms with Crippen LogP contribution in [-0.4, -0.2) is 46.6 Å². The van der Waals surface area contributed by atoms with Gasteiger partial charge in [-0.2, -0.15) is 13.2 Å². The SMILES string of the molecule is COCCN(CCOC)c1ccc(C(F)(F)F)cc1NC(=O)OCc1ccccc1. The number of nitrogens with one attached hydrogen (secondary N) is 1. The Labute approximate surface area is 173 Å². The maximum atomic E-state index is 13.2. The molecule has 0 spiro atoms. The third kappa shape index (κ3) is 7.23. The Morgan fingerprint density at radius 2 is 1.63 bits per heavy atom. The monoisotopic (exact) mass is 426 g/mol. The highest BCUT2D eigenvalue weighted by atomic mass is 19.4. The van der Waals surface area contributed by atoms with Gasteiger partial charge in [-0.1, -0.05) is 30.3 Å². The number of amides is 1. The van der Waals surface area contributed by atoms with Crippen molar-refractivity contribution in [3.05, 3.63) is 59.7 Å². The van der Waals surface area contributed by atoms with Crippen LogP contribution in [0.5, 0.6) is 0 Å². The molecule has 1 amide bonds. The van der Waals surface area contributed by atoms with Crippen LogP contribution in [0.1, 0.15) is 11.1 Å². The van der Waals surface area contributed by atoms with Gasteiger partial charge in [0.25, 0.3) is 0 Å². The predicted octanol–water partition coefficient (Wildman–Crippen LogP) is 4.55. The van der Waals surface area contributed by atoms with Crippen LogP contribution in [0.15, 0.2) is 48.5 Å². The Morgan fingerprint density at radius 1 is 1.00 bits per heavy atom. The first-order chi connectivity index (χ1) is 14.3. The number of nitrogens with zero attached hydrogens (tertiary/aromatic N) is 1. The number of ether oxygens (including phenoxy) is 3. The maximum Gasteiger partial charge on any atom is 0.416 e. The number of hydrogen-bond acceptors (Lipinski definition) is 5. The first-order valence-corrected chi connectivity index (χ1v) is 9.27. The van der Waals surface area contributed by atoms with Gasteiger partial charge in [-0.15, -0.1) is 0 Å². The number of anilines is 2. The minimum atomic E-state index is -4.55. The van der Waals surface area contributed by atoms with Crippen molar-refractivity contribution in [2.45, 2.75) is 12.8 Å². The van der Waals surface area contributed by atoms with Crippen LogP contribution in [0, 0.1) is 0 Å². The van der Waals surface area contributed by atoms with Crippen molar-refractivity contribution in [3.8, 4) is 0 Å². The molecule has 0 saturated heterocycles. The van der Waals surface area contributed by atoms with Crippen LogP contribution in [0.2, 0.25) is 0 Å². The molecule has 9 heteroatoms. The molecule has 0 heterocycles. The lowest BCUT2D eigenvalue weighted by atomic mass is 10.1. The van der Waals surface area contributed by atoms with Crippen molar-refractivity contribution in [1.82, 2.24) is 0 Å². The standard InChI is InChI=1S/C21H25F3N2O4/c1-28-12-10-26(11-13-29-2)19-9-8-17(21(22,23)24)14-18(19)25-20(27)30-15-16-6-4-3-5-7-16/h3-9,14H,10-13,15H2,1-2H3,(H,25,27). The van der Waals surface area contributed by atoms with E-state index in [1.54, 1.807) is 29.2 Å². The molecule has 1 N–H and O–H groups in total. The smallest absolute Gasteiger partial charge is 0.416 e. The Balaban J connectivity index is 2.24. The number of carbonyl (C=O) groups excluding carboxylic acids is 1. The first kappa shape index (κ1) is 23.5. The average molecular weight is 426 g/mol. The summed E-state index contributed by atoms with van der Waals surface area (Å²) in [5.41, 5.74) is 0.297. The largest absolute Gasteiger partial charge is 0.444 e. The van der Waals surface area contributed by atoms with Gasteiger partial charge in [0, 0.05) is 27.3 Å². The van der Waals surface area contributed by atoms with Gasteiger partial charge >= 0.3 is 12.3 Å². The van der Waals surface area contributed by atoms with Crippen molar-refractivity contribution in [2.75, 3.05) is 50.7 Å². The summed E-state index contributed by atoms with van der Waals surface area (Å²) < 4.78 is 55.0. The zero-order valence-electron chi connectivity index (χ0n) is 16.9. The van der Waals surface area contributed by atoms with Gasteiger partial charge in [-0.25, -0.2) is 4.79 Å². The molecule has 0 saturated carbocycles. The summed E-state index contributed by atoms with van der Waals surface area (Å²) in [7, 11) is 3.06. The molecule has 30 heavy (non-hydrogen) atoms. The second-order valence-electron chi connectivity index (χ2n) is 6.39. The Hall–Kier alpha value is -2.78. The molecule has 0 atom stereocenters. The molecule has 2 aromatic carbocycles. The highest BCUT2D eigenvalue weighted by Gasteiger charge is 2.31. The van der Waals surface area contributed by atoms with Crippen molar-refractivity contribution >= 4 is 17.5 Å². The van der Waals surface area contributed by atoms with Crippen molar-refractivity contribution in [2.24, 2.45) is 0 Å². The summed E-state index contributed by atoms with van der Waals surface area (Å²) in [5.74, 6) is 0. The van der Waals surface area contributed by atoms with E-state index in [1.807, 2.05) is 6.07 Å². The second kappa shape index (κ2) is 11.4. The van der Waals surface area contributed by atoms with Crippen LogP contribution in [0.4, 0.5) is 29.3 Å². The minimum absolute atomic E-state index is 0.00195. The third-order valence-corrected chi connectivity index (χ3v) is 4.24. The Morgan fingerprint density at radius 3 is 2.20 bits per heavy atom. The van der Waals surface area contributed by atoms with E-state index in [4.69, 9.17) is 14.2 Å². The van der Waals surface area contributed by atoms with Gasteiger partial charge in [0.05, 0.1) is 30.2 Å². The van der Waals surface area contributed by atoms with Crippen LogP contribution >= 0.6 is 0 Å². The summed E-state index contributed by atoms with van der Waals surface area (Å²) in [4.78, 5) is 14.0. The maximum absolute atomic E-state index is 13.2. The molecule has 0 aliphatic rings. The summed E-state index contributed by atoms with van der Waals surface area (Å²) in [6, 6.07) is 12.2. The summed E-state index contributed by atoms with van der Waals surface area (Å²) in [6.07, 6.45) is -5.40. The molecular weight excluding hydrogens is 401 g/mol. The van der Waals surface area contributed by atoms with Crippen LogP contribution in [0.3, 0.4) is 0 Å². The van der Waals surface area contributed by atoms with Gasteiger partial charge < -0.3 is 19.1 Å². The van der Waals surface area contributed by atoms with E-state index in [1.165, 1.54) is 20.3 Å². The van der Waals surface area contributed by atoms with Gasteiger partial charge in [-0.3, -0.25) is 5.32 Å². The predicted molar refractivity (Wildman–Crippen MR) is 108 cm³/mol. The van der Waals surface area contributed by atoms with Gasteiger partial charge in [-0.05, 0) is 23.8 Å². The van der Waals surface area contributed by atoms with E-state index in [0.29, 0.717) is 32.0 Å². The third-order valence-electron chi connectivity index (χ3n) is 4.24. The minimum Gasteiger partial charge on any atom is -0.444 e. The molecule has 6 nitrogen and oxygen atoms in total. The zero-order valence-corrected chi connectivity index (χ0v) is 16.9. The fourth-order valence-corrected chi connectivity index (χ4v) is 2.71. The zero-order chi connectivity index (χ0) is 22.0. The molecule has 0 bridgehead atoms. The van der Waals surface area contributed by atoms with Crippen molar-refractivity contribution in [1.29, 1.82) is 0 Å². The van der Waals surface area contributed by atoms with E-state index >= 15 is 0 Å². The molecule has 0 aliphatic heterocycles. The molecule has 0 aliphatic carbocycles. The van der Waals surface area contributed by atoms with Gasteiger partial charge in [0.15, 0.2) is 0 Å². The Bertz CT molecular complexity index is 793. The number of carbonyl (C=O) groups is 1. The highest BCUT2D eigenvalue weighted by molar-refractivity contribution is 5.90. The van der Waals surface area contributed by atoms with Crippen LogP contribution < -0.4 is 10.2 Å². The lowest BCUT2D eigenvalue weighted by Gasteiger charge is -2.27. The normalized spacial score (nSPS) is 11.2. The first-order valence-electron chi connectivity index (χ1n) is 9.27. The topological polar surface area (TPSA) is 60.0 Å². The fraction of sp³-hybridized carbons (Fsp3) is 0.381. The number of alkyl halides is 3. The molecule has 0 fully saturated rings. The summed E-state index contributed by atoms with van der Waals surface area (Å²) in [5, 5.41) is 2.44. The quantitative estimate of drug-likeness (QED) is 0.604. The fourth-order valence-electron chi connectivity index (χ4n) is 2.71. The summed E-state index contributed by atoms with van der Waals surface area (Å²) in [6.45, 7) is 1.50. The number of benzene rings is 2. The van der Waals surface area contributed by atoms with Crippen molar-refractivity contribution in [3.63, 3.8) is 0 Å². The average Bonchev–Trinajstić information content (AvgIpc) is 2.73. The number of methoxy groups -OCH3 is 2. The number of rotatable bonds is 10.